The van der Waals surface area contributed by atoms with Gasteiger partial charge in [-0.25, -0.2) is 9.69 Å². The Morgan fingerprint density at radius 3 is 2.52 bits per heavy atom. The molecule has 0 N–H and O–H groups in total. The van der Waals surface area contributed by atoms with Crippen LogP contribution in [0.4, 0.5) is 10.6 Å². The fourth-order valence-corrected chi connectivity index (χ4v) is 2.32. The van der Waals surface area contributed by atoms with Gasteiger partial charge in [0.1, 0.15) is 6.04 Å². The lowest BCUT2D eigenvalue weighted by Crippen LogP contribution is -2.33. The van der Waals surface area contributed by atoms with Gasteiger partial charge >= 0.3 is 6.03 Å². The number of carbonyl (C=O) groups is 2. The van der Waals surface area contributed by atoms with Gasteiger partial charge in [0.25, 0.3) is 5.91 Å². The molecule has 0 radical (unpaired) electrons. The molecule has 2 heterocycles. The number of anilines is 1. The van der Waals surface area contributed by atoms with E-state index in [4.69, 9.17) is 0 Å². The third-order valence-corrected chi connectivity index (χ3v) is 3.47. The average Bonchev–Trinajstić information content (AvgIpc) is 2.73. The highest BCUT2D eigenvalue weighted by Crippen LogP contribution is 2.24. The molecule has 6 heteroatoms. The highest BCUT2D eigenvalue weighted by molar-refractivity contribution is 6.20. The first kappa shape index (κ1) is 13.2. The summed E-state index contributed by atoms with van der Waals surface area (Å²) in [5.41, 5.74) is 0.978. The predicted molar refractivity (Wildman–Crippen MR) is 76.4 cm³/mol. The first-order valence-electron chi connectivity index (χ1n) is 6.64. The maximum Gasteiger partial charge on any atom is 0.333 e. The molecule has 21 heavy (non-hydrogen) atoms. The van der Waals surface area contributed by atoms with Gasteiger partial charge in [0.15, 0.2) is 5.82 Å². The predicted octanol–water partition coefficient (Wildman–Crippen LogP) is 1.83. The van der Waals surface area contributed by atoms with E-state index in [0.29, 0.717) is 6.54 Å². The van der Waals surface area contributed by atoms with Crippen LogP contribution in [0.3, 0.4) is 0 Å². The standard InChI is InChI=1S/C15H14N4O2/c1-11-14(20)19(13-8-5-9-16-17-13)15(21)18(11)10-12-6-3-2-4-7-12/h2-9,11H,10H2,1H3. The number of nitrogens with zero attached hydrogens (tertiary/aromatic N) is 4. The van der Waals surface area contributed by atoms with Crippen LogP contribution in [0.2, 0.25) is 0 Å². The summed E-state index contributed by atoms with van der Waals surface area (Å²) in [4.78, 5) is 27.4. The van der Waals surface area contributed by atoms with Crippen molar-refractivity contribution in [2.45, 2.75) is 19.5 Å². The van der Waals surface area contributed by atoms with E-state index < -0.39 is 6.04 Å². The van der Waals surface area contributed by atoms with E-state index in [0.717, 1.165) is 10.5 Å². The van der Waals surface area contributed by atoms with Crippen molar-refractivity contribution in [3.8, 4) is 0 Å². The number of carbonyl (C=O) groups excluding carboxylic acids is 2. The van der Waals surface area contributed by atoms with E-state index in [9.17, 15) is 9.59 Å². The van der Waals surface area contributed by atoms with Crippen molar-refractivity contribution in [1.82, 2.24) is 15.1 Å². The van der Waals surface area contributed by atoms with Crippen LogP contribution in [0.25, 0.3) is 0 Å². The second-order valence-electron chi connectivity index (χ2n) is 4.83. The molecule has 0 aliphatic carbocycles. The van der Waals surface area contributed by atoms with Gasteiger partial charge in [-0.3, -0.25) is 4.79 Å². The molecule has 1 saturated heterocycles. The lowest BCUT2D eigenvalue weighted by atomic mass is 10.2. The summed E-state index contributed by atoms with van der Waals surface area (Å²) in [5, 5.41) is 7.56. The molecular weight excluding hydrogens is 268 g/mol. The highest BCUT2D eigenvalue weighted by Gasteiger charge is 2.43. The fraction of sp³-hybridized carbons (Fsp3) is 0.200. The molecule has 1 fully saturated rings. The summed E-state index contributed by atoms with van der Waals surface area (Å²) in [7, 11) is 0. The molecule has 1 aromatic heterocycles. The number of rotatable bonds is 3. The number of urea groups is 1. The number of hydrogen-bond donors (Lipinski definition) is 0. The van der Waals surface area contributed by atoms with E-state index >= 15 is 0 Å². The van der Waals surface area contributed by atoms with Crippen LogP contribution in [-0.4, -0.2) is 33.1 Å². The van der Waals surface area contributed by atoms with Crippen molar-refractivity contribution in [2.24, 2.45) is 0 Å². The number of hydrogen-bond acceptors (Lipinski definition) is 4. The lowest BCUT2D eigenvalue weighted by molar-refractivity contribution is -0.119. The van der Waals surface area contributed by atoms with Crippen molar-refractivity contribution < 1.29 is 9.59 Å². The van der Waals surface area contributed by atoms with Crippen LogP contribution in [0.15, 0.2) is 48.7 Å². The van der Waals surface area contributed by atoms with Crippen molar-refractivity contribution in [1.29, 1.82) is 0 Å². The van der Waals surface area contributed by atoms with Crippen LogP contribution in [-0.2, 0) is 11.3 Å². The Morgan fingerprint density at radius 1 is 1.10 bits per heavy atom. The minimum absolute atomic E-state index is 0.259. The molecule has 1 aliphatic heterocycles. The van der Waals surface area contributed by atoms with E-state index in [-0.39, 0.29) is 17.8 Å². The SMILES string of the molecule is CC1C(=O)N(c2cccnn2)C(=O)N1Cc1ccccc1. The third kappa shape index (κ3) is 2.35. The van der Waals surface area contributed by atoms with Gasteiger partial charge in [-0.05, 0) is 24.6 Å². The Kier molecular flexibility index (Phi) is 3.35. The quantitative estimate of drug-likeness (QED) is 0.806. The largest absolute Gasteiger partial charge is 0.333 e. The van der Waals surface area contributed by atoms with E-state index in [1.807, 2.05) is 30.3 Å². The van der Waals surface area contributed by atoms with Crippen molar-refractivity contribution in [3.05, 3.63) is 54.2 Å². The smallest absolute Gasteiger partial charge is 0.308 e. The van der Waals surface area contributed by atoms with Crippen LogP contribution in [0, 0.1) is 0 Å². The van der Waals surface area contributed by atoms with Crippen LogP contribution >= 0.6 is 0 Å². The number of benzene rings is 1. The summed E-state index contributed by atoms with van der Waals surface area (Å²) in [6.45, 7) is 2.11. The van der Waals surface area contributed by atoms with E-state index in [1.165, 1.54) is 11.1 Å². The molecule has 1 atom stereocenters. The highest BCUT2D eigenvalue weighted by atomic mass is 16.2. The summed E-state index contributed by atoms with van der Waals surface area (Å²) >= 11 is 0. The summed E-state index contributed by atoms with van der Waals surface area (Å²) in [5.74, 6) is -0.0219. The van der Waals surface area contributed by atoms with Crippen molar-refractivity contribution in [2.75, 3.05) is 4.90 Å². The van der Waals surface area contributed by atoms with Crippen molar-refractivity contribution >= 4 is 17.8 Å². The van der Waals surface area contributed by atoms with Gasteiger partial charge in [0, 0.05) is 12.7 Å². The summed E-state index contributed by atoms with van der Waals surface area (Å²) < 4.78 is 0. The molecule has 1 aliphatic rings. The van der Waals surface area contributed by atoms with Crippen molar-refractivity contribution in [3.63, 3.8) is 0 Å². The molecule has 2 aromatic rings. The molecule has 6 nitrogen and oxygen atoms in total. The van der Waals surface area contributed by atoms with Gasteiger partial charge in [-0.2, -0.15) is 5.10 Å². The fourth-order valence-electron chi connectivity index (χ4n) is 2.32. The second-order valence-corrected chi connectivity index (χ2v) is 4.83. The average molecular weight is 282 g/mol. The van der Waals surface area contributed by atoms with Crippen LogP contribution in [0.5, 0.6) is 0 Å². The van der Waals surface area contributed by atoms with E-state index in [2.05, 4.69) is 10.2 Å². The number of aromatic nitrogens is 2. The Morgan fingerprint density at radius 2 is 1.86 bits per heavy atom. The molecule has 0 saturated carbocycles. The molecule has 0 spiro atoms. The Hall–Kier alpha value is -2.76. The van der Waals surface area contributed by atoms with Gasteiger partial charge in [0.05, 0.1) is 0 Å². The molecule has 0 bridgehead atoms. The molecule has 3 rings (SSSR count). The first-order valence-corrected chi connectivity index (χ1v) is 6.64. The topological polar surface area (TPSA) is 66.4 Å². The minimum Gasteiger partial charge on any atom is -0.308 e. The molecular formula is C15H14N4O2. The normalized spacial score (nSPS) is 18.4. The molecule has 1 unspecified atom stereocenters. The molecule has 106 valence electrons. The Balaban J connectivity index is 1.87. The van der Waals surface area contributed by atoms with Crippen LogP contribution in [0.1, 0.15) is 12.5 Å². The second kappa shape index (κ2) is 5.32. The zero-order chi connectivity index (χ0) is 14.8. The van der Waals surface area contributed by atoms with Gasteiger partial charge in [0.2, 0.25) is 0 Å². The van der Waals surface area contributed by atoms with Crippen LogP contribution < -0.4 is 4.90 Å². The molecule has 1 aromatic carbocycles. The first-order chi connectivity index (χ1) is 10.2. The monoisotopic (exact) mass is 282 g/mol. The third-order valence-electron chi connectivity index (χ3n) is 3.47. The number of imide groups is 1. The van der Waals surface area contributed by atoms with Gasteiger partial charge in [-0.1, -0.05) is 30.3 Å². The zero-order valence-electron chi connectivity index (χ0n) is 11.5. The van der Waals surface area contributed by atoms with Gasteiger partial charge in [-0.15, -0.1) is 5.10 Å². The summed E-state index contributed by atoms with van der Waals surface area (Å²) in [6, 6.07) is 11.9. The number of amides is 3. The lowest BCUT2D eigenvalue weighted by Gasteiger charge is -2.18. The minimum atomic E-state index is -0.514. The van der Waals surface area contributed by atoms with E-state index in [1.54, 1.807) is 19.1 Å². The Labute approximate surface area is 122 Å². The maximum atomic E-state index is 12.5. The molecule has 3 amide bonds. The summed E-state index contributed by atoms with van der Waals surface area (Å²) in [6.07, 6.45) is 1.50. The van der Waals surface area contributed by atoms with Gasteiger partial charge < -0.3 is 4.90 Å². The maximum absolute atomic E-state index is 12.5. The zero-order valence-corrected chi connectivity index (χ0v) is 11.5. The Bertz CT molecular complexity index is 660.